The largest absolute Gasteiger partial charge is 0.494 e. The molecule has 6 nitrogen and oxygen atoms in total. The smallest absolute Gasteiger partial charge is 0.254 e. The molecule has 0 atom stereocenters. The Morgan fingerprint density at radius 2 is 1.62 bits per heavy atom. The number of nitrogens with zero attached hydrogens (tertiary/aromatic N) is 3. The van der Waals surface area contributed by atoms with Gasteiger partial charge in [0.2, 0.25) is 5.91 Å². The van der Waals surface area contributed by atoms with E-state index >= 15 is 0 Å². The van der Waals surface area contributed by atoms with Crippen molar-refractivity contribution in [1.29, 1.82) is 0 Å². The number of rotatable bonds is 7. The number of ether oxygens (including phenoxy) is 1. The van der Waals surface area contributed by atoms with Gasteiger partial charge in [-0.2, -0.15) is 0 Å². The molecule has 0 bridgehead atoms. The molecule has 0 aromatic heterocycles. The van der Waals surface area contributed by atoms with Crippen LogP contribution in [-0.4, -0.2) is 67.5 Å². The van der Waals surface area contributed by atoms with Gasteiger partial charge >= 0.3 is 0 Å². The van der Waals surface area contributed by atoms with Gasteiger partial charge in [-0.1, -0.05) is 22.4 Å². The molecule has 0 N–H and O–H groups in total. The predicted molar refractivity (Wildman–Crippen MR) is 129 cm³/mol. The van der Waals surface area contributed by atoms with Crippen molar-refractivity contribution >= 4 is 33.4 Å². The third kappa shape index (κ3) is 5.90. The van der Waals surface area contributed by atoms with Crippen molar-refractivity contribution in [2.45, 2.75) is 25.7 Å². The Bertz CT molecular complexity index is 911. The van der Waals surface area contributed by atoms with Crippen molar-refractivity contribution in [3.63, 3.8) is 0 Å². The van der Waals surface area contributed by atoms with Crippen LogP contribution in [0.15, 0.2) is 53.0 Å². The molecule has 2 heterocycles. The molecule has 7 heteroatoms. The Labute approximate surface area is 198 Å². The highest BCUT2D eigenvalue weighted by Gasteiger charge is 2.28. The number of halogens is 1. The molecule has 0 saturated carbocycles. The van der Waals surface area contributed by atoms with E-state index in [2.05, 4.69) is 20.8 Å². The summed E-state index contributed by atoms with van der Waals surface area (Å²) in [5.74, 6) is 0.639. The summed E-state index contributed by atoms with van der Waals surface area (Å²) in [6, 6.07) is 14.9. The number of piperazine rings is 1. The molecule has 0 unspecified atom stereocenters. The van der Waals surface area contributed by atoms with Gasteiger partial charge in [0.15, 0.2) is 0 Å². The zero-order valence-electron chi connectivity index (χ0n) is 18.3. The zero-order chi connectivity index (χ0) is 22.3. The first-order valence-electron chi connectivity index (χ1n) is 11.4. The maximum atomic E-state index is 12.7. The second kappa shape index (κ2) is 11.0. The van der Waals surface area contributed by atoms with E-state index in [0.717, 1.165) is 28.9 Å². The maximum absolute atomic E-state index is 12.7. The zero-order valence-corrected chi connectivity index (χ0v) is 19.9. The number of piperidine rings is 1. The second-order valence-corrected chi connectivity index (χ2v) is 9.29. The van der Waals surface area contributed by atoms with Crippen molar-refractivity contribution in [2.75, 3.05) is 50.8 Å². The number of anilines is 1. The average Bonchev–Trinajstić information content (AvgIpc) is 2.83. The number of likely N-dealkylation sites (tertiary alicyclic amines) is 1. The van der Waals surface area contributed by atoms with Gasteiger partial charge in [-0.05, 0) is 80.9 Å². The Morgan fingerprint density at radius 1 is 0.906 bits per heavy atom. The van der Waals surface area contributed by atoms with Crippen molar-refractivity contribution < 1.29 is 14.3 Å². The molecule has 2 aliphatic heterocycles. The van der Waals surface area contributed by atoms with Crippen LogP contribution in [0.1, 0.15) is 36.0 Å². The lowest BCUT2D eigenvalue weighted by Gasteiger charge is -2.34. The molecule has 0 spiro atoms. The van der Waals surface area contributed by atoms with E-state index in [0.29, 0.717) is 25.3 Å². The van der Waals surface area contributed by atoms with Gasteiger partial charge in [-0.3, -0.25) is 9.59 Å². The fourth-order valence-corrected chi connectivity index (χ4v) is 4.54. The Balaban J connectivity index is 1.25. The molecule has 2 saturated heterocycles. The van der Waals surface area contributed by atoms with Crippen LogP contribution in [0.4, 0.5) is 5.69 Å². The van der Waals surface area contributed by atoms with Crippen molar-refractivity contribution in [3.05, 3.63) is 58.6 Å². The lowest BCUT2D eigenvalue weighted by atomic mass is 10.1. The number of hydrogen-bond donors (Lipinski definition) is 0. The van der Waals surface area contributed by atoms with E-state index in [4.69, 9.17) is 4.74 Å². The Hall–Kier alpha value is -2.38. The molecule has 2 aliphatic rings. The minimum absolute atomic E-state index is 0.0723. The lowest BCUT2D eigenvalue weighted by Crippen LogP contribution is -2.52. The molecule has 0 aliphatic carbocycles. The van der Waals surface area contributed by atoms with Gasteiger partial charge in [0.25, 0.3) is 5.91 Å². The van der Waals surface area contributed by atoms with Gasteiger partial charge in [-0.15, -0.1) is 0 Å². The first-order chi connectivity index (χ1) is 15.6. The topological polar surface area (TPSA) is 53.1 Å². The molecule has 32 heavy (non-hydrogen) atoms. The summed E-state index contributed by atoms with van der Waals surface area (Å²) in [6.45, 7) is 5.30. The molecule has 0 radical (unpaired) electrons. The average molecular weight is 500 g/mol. The van der Waals surface area contributed by atoms with Crippen molar-refractivity contribution in [1.82, 2.24) is 9.80 Å². The molecule has 2 fully saturated rings. The summed E-state index contributed by atoms with van der Waals surface area (Å²) >= 11 is 3.38. The number of amides is 2. The molecule has 2 aromatic rings. The standard InChI is InChI=1S/C25H30BrN3O3/c26-21-7-5-20(6-8-21)25(31)28-16-17-29(24(30)19-28)22-9-11-23(12-10-22)32-18-4-15-27-13-2-1-3-14-27/h5-12H,1-4,13-19H2. The highest BCUT2D eigenvalue weighted by molar-refractivity contribution is 9.10. The molecular formula is C25H30BrN3O3. The number of hydrogen-bond acceptors (Lipinski definition) is 4. The molecular weight excluding hydrogens is 470 g/mol. The molecule has 170 valence electrons. The molecule has 4 rings (SSSR count). The van der Waals surface area contributed by atoms with Gasteiger partial charge in [0.05, 0.1) is 6.61 Å². The normalized spacial score (nSPS) is 17.5. The van der Waals surface area contributed by atoms with Gasteiger partial charge in [-0.25, -0.2) is 0 Å². The fraction of sp³-hybridized carbons (Fsp3) is 0.440. The Morgan fingerprint density at radius 3 is 2.31 bits per heavy atom. The summed E-state index contributed by atoms with van der Waals surface area (Å²) in [7, 11) is 0. The van der Waals surface area contributed by atoms with Gasteiger partial charge in [0, 0.05) is 35.4 Å². The Kier molecular flexibility index (Phi) is 7.81. The van der Waals surface area contributed by atoms with E-state index in [-0.39, 0.29) is 18.4 Å². The predicted octanol–water partition coefficient (Wildman–Crippen LogP) is 4.19. The van der Waals surface area contributed by atoms with Crippen LogP contribution in [0.2, 0.25) is 0 Å². The van der Waals surface area contributed by atoms with Crippen LogP contribution in [0, 0.1) is 0 Å². The van der Waals surface area contributed by atoms with Crippen LogP contribution in [0.25, 0.3) is 0 Å². The van der Waals surface area contributed by atoms with E-state index in [9.17, 15) is 9.59 Å². The quantitative estimate of drug-likeness (QED) is 0.535. The highest BCUT2D eigenvalue weighted by atomic mass is 79.9. The number of carbonyl (C=O) groups excluding carboxylic acids is 2. The van der Waals surface area contributed by atoms with Crippen molar-refractivity contribution in [2.24, 2.45) is 0 Å². The highest BCUT2D eigenvalue weighted by Crippen LogP contribution is 2.22. The maximum Gasteiger partial charge on any atom is 0.254 e. The summed E-state index contributed by atoms with van der Waals surface area (Å²) in [5.41, 5.74) is 1.43. The lowest BCUT2D eigenvalue weighted by molar-refractivity contribution is -0.120. The minimum Gasteiger partial charge on any atom is -0.494 e. The van der Waals surface area contributed by atoms with Gasteiger partial charge < -0.3 is 19.4 Å². The summed E-state index contributed by atoms with van der Waals surface area (Å²) in [6.07, 6.45) is 5.01. The van der Waals surface area contributed by atoms with E-state index in [1.54, 1.807) is 21.9 Å². The first-order valence-corrected chi connectivity index (χ1v) is 12.2. The van der Waals surface area contributed by atoms with E-state index in [1.807, 2.05) is 36.4 Å². The third-order valence-electron chi connectivity index (χ3n) is 6.08. The minimum atomic E-state index is -0.112. The van der Waals surface area contributed by atoms with E-state index in [1.165, 1.54) is 32.4 Å². The monoisotopic (exact) mass is 499 g/mol. The molecule has 2 aromatic carbocycles. The van der Waals surface area contributed by atoms with Crippen LogP contribution in [0.3, 0.4) is 0 Å². The molecule has 2 amide bonds. The van der Waals surface area contributed by atoms with Crippen LogP contribution in [0.5, 0.6) is 5.75 Å². The third-order valence-corrected chi connectivity index (χ3v) is 6.61. The van der Waals surface area contributed by atoms with Gasteiger partial charge in [0.1, 0.15) is 12.3 Å². The number of benzene rings is 2. The fourth-order valence-electron chi connectivity index (χ4n) is 4.28. The van der Waals surface area contributed by atoms with Crippen molar-refractivity contribution in [3.8, 4) is 5.75 Å². The summed E-state index contributed by atoms with van der Waals surface area (Å²) < 4.78 is 6.81. The first kappa shape index (κ1) is 22.8. The summed E-state index contributed by atoms with van der Waals surface area (Å²) in [4.78, 5) is 31.3. The number of carbonyl (C=O) groups is 2. The summed E-state index contributed by atoms with van der Waals surface area (Å²) in [5, 5.41) is 0. The van der Waals surface area contributed by atoms with E-state index < -0.39 is 0 Å². The SMILES string of the molecule is O=C(c1ccc(Br)cc1)N1CCN(c2ccc(OCCCN3CCCCC3)cc2)C(=O)C1. The van der Waals surface area contributed by atoms with Crippen LogP contribution in [-0.2, 0) is 4.79 Å². The van der Waals surface area contributed by atoms with Crippen LogP contribution >= 0.6 is 15.9 Å². The van der Waals surface area contributed by atoms with Crippen LogP contribution < -0.4 is 9.64 Å². The second-order valence-electron chi connectivity index (χ2n) is 8.38.